The van der Waals surface area contributed by atoms with E-state index in [1.807, 2.05) is 36.6 Å². The number of nitrogens with one attached hydrogen (secondary N) is 1. The number of rotatable bonds is 8. The molecule has 0 aliphatic carbocycles. The molecule has 4 aromatic rings. The van der Waals surface area contributed by atoms with Crippen molar-refractivity contribution in [1.29, 1.82) is 5.26 Å². The lowest BCUT2D eigenvalue weighted by atomic mass is 10.1. The fraction of sp³-hybridized carbons (Fsp3) is 0.154. The summed E-state index contributed by atoms with van der Waals surface area (Å²) in [5, 5.41) is 22.2. The lowest BCUT2D eigenvalue weighted by molar-refractivity contribution is -0.113. The number of hydrogen-bond acceptors (Lipinski definition) is 6. The van der Waals surface area contributed by atoms with Gasteiger partial charge in [0.1, 0.15) is 18.4 Å². The van der Waals surface area contributed by atoms with Gasteiger partial charge in [-0.25, -0.2) is 0 Å². The van der Waals surface area contributed by atoms with Crippen molar-refractivity contribution in [2.45, 2.75) is 25.6 Å². The van der Waals surface area contributed by atoms with Crippen molar-refractivity contribution in [3.05, 3.63) is 93.2 Å². The largest absolute Gasteiger partial charge is 0.484 e. The van der Waals surface area contributed by atoms with Gasteiger partial charge in [0.05, 0.1) is 27.7 Å². The van der Waals surface area contributed by atoms with E-state index in [9.17, 15) is 10.1 Å². The number of benzene rings is 3. The number of hydrogen-bond donors (Lipinski definition) is 1. The van der Waals surface area contributed by atoms with Crippen LogP contribution < -0.4 is 10.1 Å². The van der Waals surface area contributed by atoms with E-state index in [2.05, 4.69) is 21.6 Å². The molecule has 1 N–H and O–H groups in total. The standard InChI is InChI=1S/C26H21Cl2N5O2S/c1-16-7-8-17(2)22(11-16)33-24(14-35-23-10-9-19(27)12-20(23)28)31-32-26(33)36-15-25(34)30-21-6-4-3-5-18(21)13-29/h3-12H,14-15H2,1-2H3,(H,30,34). The maximum atomic E-state index is 12.7. The van der Waals surface area contributed by atoms with E-state index in [0.717, 1.165) is 16.8 Å². The number of carbonyl (C=O) groups excluding carboxylic acids is 1. The minimum Gasteiger partial charge on any atom is -0.484 e. The molecule has 0 unspecified atom stereocenters. The van der Waals surface area contributed by atoms with Crippen LogP contribution in [0.5, 0.6) is 5.75 Å². The summed E-state index contributed by atoms with van der Waals surface area (Å²) in [5.74, 6) is 0.838. The molecular weight excluding hydrogens is 517 g/mol. The summed E-state index contributed by atoms with van der Waals surface area (Å²) in [4.78, 5) is 12.7. The molecule has 7 nitrogen and oxygen atoms in total. The van der Waals surface area contributed by atoms with E-state index in [-0.39, 0.29) is 18.3 Å². The first kappa shape index (κ1) is 25.6. The molecule has 10 heteroatoms. The van der Waals surface area contributed by atoms with Crippen molar-refractivity contribution >= 4 is 46.6 Å². The van der Waals surface area contributed by atoms with Gasteiger partial charge in [-0.2, -0.15) is 5.26 Å². The molecule has 0 saturated heterocycles. The summed E-state index contributed by atoms with van der Waals surface area (Å²) in [7, 11) is 0. The number of nitrogens with zero attached hydrogens (tertiary/aromatic N) is 4. The summed E-state index contributed by atoms with van der Waals surface area (Å²) in [5.41, 5.74) is 3.84. The Morgan fingerprint density at radius 1 is 1.11 bits per heavy atom. The number of thioether (sulfide) groups is 1. The highest BCUT2D eigenvalue weighted by molar-refractivity contribution is 7.99. The molecule has 0 aliphatic heterocycles. The third-order valence-electron chi connectivity index (χ3n) is 5.21. The number of amides is 1. The van der Waals surface area contributed by atoms with E-state index >= 15 is 0 Å². The highest BCUT2D eigenvalue weighted by Crippen LogP contribution is 2.30. The van der Waals surface area contributed by atoms with Gasteiger partial charge in [-0.3, -0.25) is 9.36 Å². The van der Waals surface area contributed by atoms with Crippen molar-refractivity contribution in [3.63, 3.8) is 0 Å². The minimum absolute atomic E-state index is 0.0760. The van der Waals surface area contributed by atoms with Crippen molar-refractivity contribution in [1.82, 2.24) is 14.8 Å². The number of aryl methyl sites for hydroxylation is 2. The number of aromatic nitrogens is 3. The molecule has 1 amide bonds. The van der Waals surface area contributed by atoms with Crippen LogP contribution in [0.3, 0.4) is 0 Å². The SMILES string of the molecule is Cc1ccc(C)c(-n2c(COc3ccc(Cl)cc3Cl)nnc2SCC(=O)Nc2ccccc2C#N)c1. The van der Waals surface area contributed by atoms with Gasteiger partial charge in [-0.15, -0.1) is 10.2 Å². The Labute approximate surface area is 223 Å². The Kier molecular flexibility index (Phi) is 8.16. The molecule has 0 bridgehead atoms. The average Bonchev–Trinajstić information content (AvgIpc) is 3.26. The summed E-state index contributed by atoms with van der Waals surface area (Å²) < 4.78 is 7.80. The van der Waals surface area contributed by atoms with Gasteiger partial charge < -0.3 is 10.1 Å². The van der Waals surface area contributed by atoms with Crippen LogP contribution in [0.15, 0.2) is 65.8 Å². The normalized spacial score (nSPS) is 10.6. The molecule has 0 spiro atoms. The van der Waals surface area contributed by atoms with Crippen LogP contribution in [0.4, 0.5) is 5.69 Å². The van der Waals surface area contributed by atoms with Gasteiger partial charge in [-0.1, -0.05) is 59.2 Å². The van der Waals surface area contributed by atoms with E-state index in [0.29, 0.717) is 38.0 Å². The predicted octanol–water partition coefficient (Wildman–Crippen LogP) is 6.37. The zero-order valence-corrected chi connectivity index (χ0v) is 21.8. The number of anilines is 1. The Bertz CT molecular complexity index is 1470. The molecule has 36 heavy (non-hydrogen) atoms. The van der Waals surface area contributed by atoms with Crippen LogP contribution in [-0.2, 0) is 11.4 Å². The molecule has 3 aromatic carbocycles. The van der Waals surface area contributed by atoms with Gasteiger partial charge in [-0.05, 0) is 61.4 Å². The monoisotopic (exact) mass is 537 g/mol. The lowest BCUT2D eigenvalue weighted by Gasteiger charge is -2.14. The molecule has 1 heterocycles. The molecule has 0 radical (unpaired) electrons. The van der Waals surface area contributed by atoms with Crippen molar-refractivity contribution in [2.75, 3.05) is 11.1 Å². The Morgan fingerprint density at radius 3 is 2.69 bits per heavy atom. The Balaban J connectivity index is 1.58. The minimum atomic E-state index is -0.260. The van der Waals surface area contributed by atoms with Gasteiger partial charge in [0.25, 0.3) is 0 Å². The summed E-state index contributed by atoms with van der Waals surface area (Å²) in [6.07, 6.45) is 0. The number of halogens is 2. The van der Waals surface area contributed by atoms with E-state index in [1.54, 1.807) is 42.5 Å². The third-order valence-corrected chi connectivity index (χ3v) is 6.67. The smallest absolute Gasteiger partial charge is 0.234 e. The molecular formula is C26H21Cl2N5O2S. The zero-order valence-electron chi connectivity index (χ0n) is 19.5. The van der Waals surface area contributed by atoms with Crippen LogP contribution >= 0.6 is 35.0 Å². The van der Waals surface area contributed by atoms with Gasteiger partial charge in [0.2, 0.25) is 5.91 Å². The maximum Gasteiger partial charge on any atom is 0.234 e. The molecule has 4 rings (SSSR count). The van der Waals surface area contributed by atoms with Crippen LogP contribution in [0.1, 0.15) is 22.5 Å². The highest BCUT2D eigenvalue weighted by Gasteiger charge is 2.19. The first-order valence-corrected chi connectivity index (χ1v) is 12.6. The molecule has 182 valence electrons. The highest BCUT2D eigenvalue weighted by atomic mass is 35.5. The zero-order chi connectivity index (χ0) is 25.7. The van der Waals surface area contributed by atoms with Gasteiger partial charge in [0, 0.05) is 5.02 Å². The third kappa shape index (κ3) is 6.00. The topological polar surface area (TPSA) is 92.8 Å². The molecule has 0 fully saturated rings. The Hall–Kier alpha value is -3.51. The first-order chi connectivity index (χ1) is 17.4. The summed E-state index contributed by atoms with van der Waals surface area (Å²) in [6, 6.07) is 20.0. The second-order valence-corrected chi connectivity index (χ2v) is 9.67. The summed E-state index contributed by atoms with van der Waals surface area (Å²) >= 11 is 13.5. The molecule has 0 aliphatic rings. The molecule has 0 atom stereocenters. The average molecular weight is 538 g/mol. The van der Waals surface area contributed by atoms with E-state index < -0.39 is 0 Å². The van der Waals surface area contributed by atoms with Crippen molar-refractivity contribution in [2.24, 2.45) is 0 Å². The van der Waals surface area contributed by atoms with Crippen LogP contribution in [0.2, 0.25) is 10.0 Å². The fourth-order valence-electron chi connectivity index (χ4n) is 3.43. The van der Waals surface area contributed by atoms with E-state index in [1.165, 1.54) is 11.8 Å². The number of para-hydroxylation sites is 1. The van der Waals surface area contributed by atoms with Gasteiger partial charge >= 0.3 is 0 Å². The fourth-order valence-corrected chi connectivity index (χ4v) is 4.66. The van der Waals surface area contributed by atoms with E-state index in [4.69, 9.17) is 27.9 Å². The molecule has 1 aromatic heterocycles. The van der Waals surface area contributed by atoms with Gasteiger partial charge in [0.15, 0.2) is 11.0 Å². The van der Waals surface area contributed by atoms with Crippen molar-refractivity contribution < 1.29 is 9.53 Å². The number of nitriles is 1. The number of ether oxygens (including phenoxy) is 1. The summed E-state index contributed by atoms with van der Waals surface area (Å²) in [6.45, 7) is 4.10. The van der Waals surface area contributed by atoms with Crippen LogP contribution in [-0.4, -0.2) is 26.4 Å². The van der Waals surface area contributed by atoms with Crippen LogP contribution in [0.25, 0.3) is 5.69 Å². The quantitative estimate of drug-likeness (QED) is 0.262. The lowest BCUT2D eigenvalue weighted by Crippen LogP contribution is -2.15. The first-order valence-electron chi connectivity index (χ1n) is 10.9. The van der Waals surface area contributed by atoms with Crippen LogP contribution in [0, 0.1) is 25.2 Å². The van der Waals surface area contributed by atoms with Crippen molar-refractivity contribution in [3.8, 4) is 17.5 Å². The second kappa shape index (κ2) is 11.5. The molecule has 0 saturated carbocycles. The second-order valence-electron chi connectivity index (χ2n) is 7.88. The Morgan fingerprint density at radius 2 is 1.92 bits per heavy atom. The maximum absolute atomic E-state index is 12.7. The predicted molar refractivity (Wildman–Crippen MR) is 142 cm³/mol. The number of carbonyl (C=O) groups is 1.